The van der Waals surface area contributed by atoms with Gasteiger partial charge in [-0.25, -0.2) is 4.98 Å². The molecule has 2 aromatic heterocycles. The number of rotatable bonds is 2. The number of H-pyrrole nitrogens is 1. The molecule has 1 aromatic carbocycles. The highest BCUT2D eigenvalue weighted by Crippen LogP contribution is 2.26. The molecule has 0 aliphatic carbocycles. The number of aromatic amines is 1. The number of halogens is 1. The maximum Gasteiger partial charge on any atom is 0.267 e. The van der Waals surface area contributed by atoms with Gasteiger partial charge in [0.25, 0.3) is 5.56 Å². The molecule has 0 fully saturated rings. The molecule has 0 amide bonds. The summed E-state index contributed by atoms with van der Waals surface area (Å²) in [6.07, 6.45) is 1.37. The van der Waals surface area contributed by atoms with Crippen LogP contribution in [0, 0.1) is 0 Å². The van der Waals surface area contributed by atoms with Crippen LogP contribution in [0.1, 0.15) is 0 Å². The summed E-state index contributed by atoms with van der Waals surface area (Å²) in [5, 5.41) is 6.35. The molecule has 0 bridgehead atoms. The number of hydrogen-bond acceptors (Lipinski definition) is 4. The molecule has 2 N–H and O–H groups in total. The second-order valence-electron chi connectivity index (χ2n) is 3.69. The fraction of sp³-hybridized carbons (Fsp3) is 0. The zero-order chi connectivity index (χ0) is 12.5. The van der Waals surface area contributed by atoms with Crippen molar-refractivity contribution in [2.24, 2.45) is 0 Å². The molecule has 0 unspecified atom stereocenters. The lowest BCUT2D eigenvalue weighted by Gasteiger charge is -2.06. The summed E-state index contributed by atoms with van der Waals surface area (Å²) >= 11 is 4.91. The van der Waals surface area contributed by atoms with Crippen molar-refractivity contribution in [1.29, 1.82) is 0 Å². The predicted octanol–water partition coefficient (Wildman–Crippen LogP) is 3.49. The van der Waals surface area contributed by atoms with E-state index in [2.05, 4.69) is 42.7 Å². The summed E-state index contributed by atoms with van der Waals surface area (Å²) in [7, 11) is 0. The first-order valence-electron chi connectivity index (χ1n) is 5.21. The lowest BCUT2D eigenvalue weighted by Crippen LogP contribution is -2.09. The van der Waals surface area contributed by atoms with Gasteiger partial charge in [0.2, 0.25) is 0 Å². The van der Waals surface area contributed by atoms with Crippen LogP contribution in [0.25, 0.3) is 10.1 Å². The Bertz CT molecular complexity index is 765. The van der Waals surface area contributed by atoms with Crippen molar-refractivity contribution in [3.63, 3.8) is 0 Å². The molecule has 90 valence electrons. The summed E-state index contributed by atoms with van der Waals surface area (Å²) in [5.41, 5.74) is 0.698. The van der Waals surface area contributed by atoms with E-state index in [4.69, 9.17) is 0 Å². The molecular formula is C12H8BrN3OS. The van der Waals surface area contributed by atoms with Crippen LogP contribution in [0.3, 0.4) is 0 Å². The fourth-order valence-corrected chi connectivity index (χ4v) is 2.74. The summed E-state index contributed by atoms with van der Waals surface area (Å²) in [6.45, 7) is 0. The molecule has 3 aromatic rings. The number of nitrogens with zero attached hydrogens (tertiary/aromatic N) is 1. The quantitative estimate of drug-likeness (QED) is 0.759. The van der Waals surface area contributed by atoms with Gasteiger partial charge in [-0.3, -0.25) is 4.79 Å². The van der Waals surface area contributed by atoms with E-state index >= 15 is 0 Å². The zero-order valence-corrected chi connectivity index (χ0v) is 11.5. The molecule has 0 aliphatic heterocycles. The van der Waals surface area contributed by atoms with E-state index in [0.29, 0.717) is 10.3 Å². The van der Waals surface area contributed by atoms with Gasteiger partial charge < -0.3 is 10.3 Å². The van der Waals surface area contributed by atoms with Crippen LogP contribution in [-0.4, -0.2) is 9.97 Å². The van der Waals surface area contributed by atoms with Gasteiger partial charge in [0.1, 0.15) is 4.47 Å². The topological polar surface area (TPSA) is 57.8 Å². The summed E-state index contributed by atoms with van der Waals surface area (Å²) in [6, 6.07) is 8.10. The summed E-state index contributed by atoms with van der Waals surface area (Å²) in [4.78, 5) is 18.0. The average molecular weight is 322 g/mol. The Labute approximate surface area is 115 Å². The molecular weight excluding hydrogens is 314 g/mol. The minimum atomic E-state index is -0.205. The van der Waals surface area contributed by atoms with E-state index in [9.17, 15) is 4.79 Å². The molecule has 0 saturated carbocycles. The van der Waals surface area contributed by atoms with E-state index in [1.807, 2.05) is 18.2 Å². The fourth-order valence-electron chi connectivity index (χ4n) is 1.65. The molecule has 0 radical (unpaired) electrons. The third kappa shape index (κ3) is 2.04. The number of fused-ring (bicyclic) bond motifs is 1. The largest absolute Gasteiger partial charge is 0.339 e. The number of nitrogens with one attached hydrogen (secondary N) is 2. The number of hydrogen-bond donors (Lipinski definition) is 2. The van der Waals surface area contributed by atoms with Gasteiger partial charge in [0, 0.05) is 10.4 Å². The summed E-state index contributed by atoms with van der Waals surface area (Å²) in [5.74, 6) is 0.508. The number of benzene rings is 1. The minimum Gasteiger partial charge on any atom is -0.339 e. The standard InChI is InChI=1S/C12H8BrN3OS/c13-10-11(14-6-15-12(10)17)16-8-1-2-9-7(5-8)3-4-18-9/h1-6H,(H2,14,15,16,17). The maximum absolute atomic E-state index is 11.4. The minimum absolute atomic E-state index is 0.205. The lowest BCUT2D eigenvalue weighted by atomic mass is 10.2. The Balaban J connectivity index is 2.00. The van der Waals surface area contributed by atoms with Crippen LogP contribution >= 0.6 is 27.3 Å². The second-order valence-corrected chi connectivity index (χ2v) is 5.43. The van der Waals surface area contributed by atoms with Crippen LogP contribution in [0.4, 0.5) is 11.5 Å². The third-order valence-corrected chi connectivity index (χ3v) is 4.15. The third-order valence-electron chi connectivity index (χ3n) is 2.51. The first kappa shape index (κ1) is 11.4. The highest BCUT2D eigenvalue weighted by Gasteiger charge is 2.05. The molecule has 6 heteroatoms. The van der Waals surface area contributed by atoms with Crippen LogP contribution < -0.4 is 10.9 Å². The summed E-state index contributed by atoms with van der Waals surface area (Å²) < 4.78 is 1.63. The van der Waals surface area contributed by atoms with Crippen LogP contribution in [0.15, 0.2) is 45.2 Å². The van der Waals surface area contributed by atoms with Crippen LogP contribution in [0.5, 0.6) is 0 Å². The van der Waals surface area contributed by atoms with Crippen molar-refractivity contribution in [1.82, 2.24) is 9.97 Å². The predicted molar refractivity (Wildman–Crippen MR) is 77.7 cm³/mol. The highest BCUT2D eigenvalue weighted by atomic mass is 79.9. The van der Waals surface area contributed by atoms with Gasteiger partial charge in [0.15, 0.2) is 5.82 Å². The van der Waals surface area contributed by atoms with Gasteiger partial charge >= 0.3 is 0 Å². The molecule has 2 heterocycles. The van der Waals surface area contributed by atoms with E-state index in [0.717, 1.165) is 5.69 Å². The maximum atomic E-state index is 11.4. The highest BCUT2D eigenvalue weighted by molar-refractivity contribution is 9.10. The van der Waals surface area contributed by atoms with E-state index in [1.54, 1.807) is 11.3 Å². The Morgan fingerprint density at radius 3 is 3.11 bits per heavy atom. The van der Waals surface area contributed by atoms with Crippen molar-refractivity contribution in [2.75, 3.05) is 5.32 Å². The molecule has 0 saturated heterocycles. The number of thiophene rings is 1. The molecule has 0 aliphatic rings. The molecule has 18 heavy (non-hydrogen) atoms. The van der Waals surface area contributed by atoms with Gasteiger partial charge in [-0.05, 0) is 51.0 Å². The second kappa shape index (κ2) is 4.55. The van der Waals surface area contributed by atoms with Gasteiger partial charge in [-0.2, -0.15) is 0 Å². The normalized spacial score (nSPS) is 10.7. The SMILES string of the molecule is O=c1[nH]cnc(Nc2ccc3sccc3c2)c1Br. The Morgan fingerprint density at radius 2 is 2.22 bits per heavy atom. The first-order valence-corrected chi connectivity index (χ1v) is 6.89. The van der Waals surface area contributed by atoms with Gasteiger partial charge in [-0.1, -0.05) is 0 Å². The van der Waals surface area contributed by atoms with Gasteiger partial charge in [0.05, 0.1) is 6.33 Å². The number of anilines is 2. The van der Waals surface area contributed by atoms with Crippen molar-refractivity contribution in [2.45, 2.75) is 0 Å². The van der Waals surface area contributed by atoms with Crippen molar-refractivity contribution >= 4 is 48.9 Å². The van der Waals surface area contributed by atoms with Crippen molar-refractivity contribution in [3.05, 3.63) is 50.8 Å². The molecule has 3 rings (SSSR count). The van der Waals surface area contributed by atoms with Crippen molar-refractivity contribution in [3.8, 4) is 0 Å². The zero-order valence-electron chi connectivity index (χ0n) is 9.11. The Hall–Kier alpha value is -1.66. The first-order chi connectivity index (χ1) is 8.74. The molecule has 0 spiro atoms. The lowest BCUT2D eigenvalue weighted by molar-refractivity contribution is 1.10. The monoisotopic (exact) mass is 321 g/mol. The van der Waals surface area contributed by atoms with E-state index in [-0.39, 0.29) is 5.56 Å². The molecule has 4 nitrogen and oxygen atoms in total. The van der Waals surface area contributed by atoms with Gasteiger partial charge in [-0.15, -0.1) is 11.3 Å². The number of aromatic nitrogens is 2. The van der Waals surface area contributed by atoms with Crippen LogP contribution in [-0.2, 0) is 0 Å². The average Bonchev–Trinajstić information content (AvgIpc) is 2.82. The Morgan fingerprint density at radius 1 is 1.33 bits per heavy atom. The Kier molecular flexibility index (Phi) is 2.89. The van der Waals surface area contributed by atoms with Crippen LogP contribution in [0.2, 0.25) is 0 Å². The van der Waals surface area contributed by atoms with E-state index in [1.165, 1.54) is 16.4 Å². The van der Waals surface area contributed by atoms with E-state index < -0.39 is 0 Å². The van der Waals surface area contributed by atoms with Crippen molar-refractivity contribution < 1.29 is 0 Å². The molecule has 0 atom stereocenters. The smallest absolute Gasteiger partial charge is 0.267 e.